The van der Waals surface area contributed by atoms with E-state index in [1.807, 2.05) is 46.9 Å². The summed E-state index contributed by atoms with van der Waals surface area (Å²) in [6.45, 7) is 6.47. The van der Waals surface area contributed by atoms with Crippen molar-refractivity contribution >= 4 is 54.6 Å². The monoisotopic (exact) mass is 949 g/mol. The van der Waals surface area contributed by atoms with Gasteiger partial charge in [-0.05, 0) is 116 Å². The number of rotatable bonds is 17. The molecule has 4 aromatic rings. The normalized spacial score (nSPS) is 13.9. The van der Waals surface area contributed by atoms with E-state index in [4.69, 9.17) is 18.9 Å². The second-order valence-electron chi connectivity index (χ2n) is 14.2. The van der Waals surface area contributed by atoms with Crippen LogP contribution in [0.3, 0.4) is 0 Å². The standard InChI is InChI=1S/C39H48IN7O9S2/c1-26(42-38(48)56-39(2,3)4)22-41-57(49,50)34-21-20-33(40)35(37-43-45-47(44-37)25-29-12-18-32(55-7)19-13-29)36(34)58(51,52)46(23-27-8-14-30(53-5)15-9-27)24-28-10-16-31(54-6)17-11-28/h8-21,26,41,45H,22-25H2,1-7H3,(H,42,48)(H,43,44)/t26-/m0/s1. The first kappa shape index (κ1) is 44.4. The van der Waals surface area contributed by atoms with Crippen LogP contribution in [0.15, 0.2) is 99.8 Å². The van der Waals surface area contributed by atoms with Gasteiger partial charge in [-0.15, -0.1) is 10.2 Å². The number of nitrogens with zero attached hydrogens (tertiary/aromatic N) is 3. The van der Waals surface area contributed by atoms with Gasteiger partial charge >= 0.3 is 6.09 Å². The van der Waals surface area contributed by atoms with Crippen LogP contribution in [0.4, 0.5) is 4.79 Å². The van der Waals surface area contributed by atoms with Crippen LogP contribution in [0.25, 0.3) is 0 Å². The molecule has 4 N–H and O–H groups in total. The number of hydrazone groups is 1. The maximum Gasteiger partial charge on any atom is 0.407 e. The van der Waals surface area contributed by atoms with Gasteiger partial charge in [0.25, 0.3) is 0 Å². The highest BCUT2D eigenvalue weighted by atomic mass is 127. The fourth-order valence-corrected chi connectivity index (χ4v) is 10.1. The summed E-state index contributed by atoms with van der Waals surface area (Å²) in [6.07, 6.45) is -0.733. The van der Waals surface area contributed by atoms with Gasteiger partial charge in [-0.3, -0.25) is 5.43 Å². The zero-order chi connectivity index (χ0) is 42.3. The lowest BCUT2D eigenvalue weighted by Gasteiger charge is -2.26. The van der Waals surface area contributed by atoms with Crippen LogP contribution in [-0.4, -0.2) is 77.7 Å². The Morgan fingerprint density at radius 2 is 1.31 bits per heavy atom. The van der Waals surface area contributed by atoms with Gasteiger partial charge in [-0.1, -0.05) is 36.4 Å². The molecule has 5 rings (SSSR count). The van der Waals surface area contributed by atoms with Crippen LogP contribution in [0.5, 0.6) is 17.2 Å². The number of nitrogens with one attached hydrogen (secondary N) is 4. The van der Waals surface area contributed by atoms with Gasteiger partial charge in [0.2, 0.25) is 20.0 Å². The Kier molecular flexibility index (Phi) is 14.5. The Morgan fingerprint density at radius 3 is 1.79 bits per heavy atom. The van der Waals surface area contributed by atoms with E-state index in [-0.39, 0.29) is 31.0 Å². The first-order chi connectivity index (χ1) is 27.4. The van der Waals surface area contributed by atoms with Crippen molar-refractivity contribution in [1.29, 1.82) is 0 Å². The number of halogens is 1. The second-order valence-corrected chi connectivity index (χ2v) is 19.0. The largest absolute Gasteiger partial charge is 0.497 e. The Labute approximate surface area is 353 Å². The zero-order valence-electron chi connectivity index (χ0n) is 33.2. The predicted molar refractivity (Wildman–Crippen MR) is 227 cm³/mol. The molecule has 0 aromatic heterocycles. The molecule has 19 heteroatoms. The lowest BCUT2D eigenvalue weighted by molar-refractivity contribution is 0.0509. The van der Waals surface area contributed by atoms with Gasteiger partial charge in [0.1, 0.15) is 32.6 Å². The molecule has 1 amide bonds. The maximum absolute atomic E-state index is 15.4. The first-order valence-corrected chi connectivity index (χ1v) is 22.0. The van der Waals surface area contributed by atoms with E-state index >= 15 is 8.42 Å². The molecular formula is C39H48IN7O9S2. The molecular weight excluding hydrogens is 902 g/mol. The number of hydrogen-bond donors (Lipinski definition) is 4. The van der Waals surface area contributed by atoms with Crippen molar-refractivity contribution in [3.8, 4) is 17.2 Å². The minimum Gasteiger partial charge on any atom is -0.497 e. The fraction of sp³-hybridized carbons (Fsp3) is 0.333. The minimum absolute atomic E-state index is 0.0302. The summed E-state index contributed by atoms with van der Waals surface area (Å²) in [6, 6.07) is 23.2. The third kappa shape index (κ3) is 11.5. The summed E-state index contributed by atoms with van der Waals surface area (Å²) in [5, 5.41) is 8.59. The highest BCUT2D eigenvalue weighted by Gasteiger charge is 2.38. The molecule has 0 saturated heterocycles. The number of methoxy groups -OCH3 is 3. The average molecular weight is 950 g/mol. The number of sulfonamides is 2. The van der Waals surface area contributed by atoms with Gasteiger partial charge in [-0.25, -0.2) is 31.9 Å². The first-order valence-electron chi connectivity index (χ1n) is 18.0. The van der Waals surface area contributed by atoms with E-state index in [1.165, 1.54) is 30.7 Å². The number of hydrazine groups is 2. The molecule has 0 saturated carbocycles. The summed E-state index contributed by atoms with van der Waals surface area (Å²) < 4.78 is 84.9. The summed E-state index contributed by atoms with van der Waals surface area (Å²) in [7, 11) is -4.67. The molecule has 58 heavy (non-hydrogen) atoms. The van der Waals surface area contributed by atoms with Crippen LogP contribution >= 0.6 is 22.6 Å². The van der Waals surface area contributed by atoms with Gasteiger partial charge in [0, 0.05) is 29.2 Å². The predicted octanol–water partition coefficient (Wildman–Crippen LogP) is 5.09. The second kappa shape index (κ2) is 18.9. The number of ether oxygens (including phenoxy) is 4. The molecule has 312 valence electrons. The summed E-state index contributed by atoms with van der Waals surface area (Å²) in [5.74, 6) is 1.92. The van der Waals surface area contributed by atoms with E-state index in [1.54, 1.807) is 88.5 Å². The lowest BCUT2D eigenvalue weighted by atomic mass is 10.2. The Morgan fingerprint density at radius 1 is 0.810 bits per heavy atom. The molecule has 1 heterocycles. The topological polar surface area (TPSA) is 189 Å². The highest BCUT2D eigenvalue weighted by Crippen LogP contribution is 2.34. The van der Waals surface area contributed by atoms with Crippen molar-refractivity contribution in [1.82, 2.24) is 30.4 Å². The third-order valence-corrected chi connectivity index (χ3v) is 13.0. The van der Waals surface area contributed by atoms with Crippen LogP contribution in [0, 0.1) is 3.57 Å². The number of carbonyl (C=O) groups is 1. The summed E-state index contributed by atoms with van der Waals surface area (Å²) >= 11 is 1.97. The van der Waals surface area contributed by atoms with Crippen molar-refractivity contribution in [2.45, 2.75) is 68.8 Å². The quantitative estimate of drug-likeness (QED) is 0.103. The van der Waals surface area contributed by atoms with E-state index in [9.17, 15) is 13.2 Å². The average Bonchev–Trinajstić information content (AvgIpc) is 3.64. The molecule has 1 aliphatic heterocycles. The van der Waals surface area contributed by atoms with Crippen molar-refractivity contribution < 1.29 is 40.6 Å². The van der Waals surface area contributed by atoms with Crippen molar-refractivity contribution in [2.24, 2.45) is 5.10 Å². The smallest absolute Gasteiger partial charge is 0.407 e. The zero-order valence-corrected chi connectivity index (χ0v) is 37.0. The fourth-order valence-electron chi connectivity index (χ4n) is 5.71. The van der Waals surface area contributed by atoms with Gasteiger partial charge in [-0.2, -0.15) is 4.31 Å². The number of amidine groups is 1. The molecule has 0 spiro atoms. The summed E-state index contributed by atoms with van der Waals surface area (Å²) in [5.41, 5.74) is 7.37. The van der Waals surface area contributed by atoms with Crippen LogP contribution in [-0.2, 0) is 44.4 Å². The third-order valence-electron chi connectivity index (χ3n) is 8.60. The Balaban J connectivity index is 1.59. The molecule has 1 aliphatic rings. The Hall–Kier alpha value is -4.67. The molecule has 0 fully saturated rings. The van der Waals surface area contributed by atoms with Crippen molar-refractivity contribution in [2.75, 3.05) is 27.9 Å². The number of carbonyl (C=O) groups excluding carboxylic acids is 1. The molecule has 1 atom stereocenters. The number of amides is 1. The van der Waals surface area contributed by atoms with Crippen molar-refractivity contribution in [3.63, 3.8) is 0 Å². The van der Waals surface area contributed by atoms with E-state index in [2.05, 4.69) is 26.1 Å². The maximum atomic E-state index is 15.4. The molecule has 0 bridgehead atoms. The van der Waals surface area contributed by atoms with Crippen LogP contribution in [0.1, 0.15) is 49.9 Å². The molecule has 4 aromatic carbocycles. The van der Waals surface area contributed by atoms with Crippen molar-refractivity contribution in [3.05, 3.63) is 111 Å². The van der Waals surface area contributed by atoms with E-state index < -0.39 is 47.6 Å². The Bertz CT molecular complexity index is 2260. The van der Waals surface area contributed by atoms with E-state index in [0.29, 0.717) is 38.5 Å². The van der Waals surface area contributed by atoms with Crippen LogP contribution in [0.2, 0.25) is 0 Å². The van der Waals surface area contributed by atoms with E-state index in [0.717, 1.165) is 5.56 Å². The molecule has 0 aliphatic carbocycles. The number of alkyl carbamates (subject to hydrolysis) is 1. The summed E-state index contributed by atoms with van der Waals surface area (Å²) in [4.78, 5) is 11.4. The van der Waals surface area contributed by atoms with Gasteiger partial charge in [0.15, 0.2) is 5.84 Å². The van der Waals surface area contributed by atoms with Crippen LogP contribution < -0.4 is 35.2 Å². The van der Waals surface area contributed by atoms with Gasteiger partial charge in [0.05, 0.1) is 33.4 Å². The number of benzene rings is 4. The lowest BCUT2D eigenvalue weighted by Crippen LogP contribution is -2.44. The minimum atomic E-state index is -4.72. The van der Waals surface area contributed by atoms with Gasteiger partial charge < -0.3 is 24.3 Å². The molecule has 0 unspecified atom stereocenters. The SMILES string of the molecule is COc1ccc(CN2NN=C(c3c(I)ccc(S(=O)(=O)NC[C@H](C)NC(=O)OC(C)(C)C)c3S(=O)(=O)N(Cc3ccc(OC)cc3)Cc3ccc(OC)cc3)N2)cc1. The highest BCUT2D eigenvalue weighted by molar-refractivity contribution is 14.1. The molecule has 0 radical (unpaired) electrons. The molecule has 16 nitrogen and oxygen atoms in total. The number of hydrogen-bond acceptors (Lipinski definition) is 13.